The van der Waals surface area contributed by atoms with Gasteiger partial charge in [0.2, 0.25) is 0 Å². The monoisotopic (exact) mass is 318 g/mol. The third-order valence-corrected chi connectivity index (χ3v) is 4.85. The normalized spacial score (nSPS) is 18.9. The van der Waals surface area contributed by atoms with E-state index < -0.39 is 12.0 Å². The van der Waals surface area contributed by atoms with Crippen LogP contribution in [0.4, 0.5) is 4.79 Å². The number of thioether (sulfide) groups is 1. The van der Waals surface area contributed by atoms with E-state index in [0.717, 1.165) is 18.6 Å². The van der Waals surface area contributed by atoms with Gasteiger partial charge in [0.25, 0.3) is 0 Å². The van der Waals surface area contributed by atoms with Crippen LogP contribution in [0.15, 0.2) is 0 Å². The predicted octanol–water partition coefficient (Wildman–Crippen LogP) is 1.75. The number of ether oxygens (including phenoxy) is 1. The molecule has 0 bridgehead atoms. The number of urea groups is 1. The molecule has 0 aromatic heterocycles. The summed E-state index contributed by atoms with van der Waals surface area (Å²) in [5.41, 5.74) is 0. The highest BCUT2D eigenvalue weighted by molar-refractivity contribution is 7.99. The third-order valence-electron chi connectivity index (χ3n) is 3.82. The van der Waals surface area contributed by atoms with Crippen LogP contribution in [0, 0.1) is 0 Å². The molecule has 21 heavy (non-hydrogen) atoms. The van der Waals surface area contributed by atoms with Gasteiger partial charge in [-0.05, 0) is 12.8 Å². The first kappa shape index (κ1) is 18.1. The first-order chi connectivity index (χ1) is 10.1. The Balaban J connectivity index is 2.88. The van der Waals surface area contributed by atoms with Gasteiger partial charge in [-0.25, -0.2) is 9.59 Å². The van der Waals surface area contributed by atoms with Gasteiger partial charge < -0.3 is 19.6 Å². The molecule has 7 heteroatoms. The minimum Gasteiger partial charge on any atom is -0.480 e. The SMILES string of the molecule is CCC(CC)N(CCOC)C(=O)N1CCSCC1C(=O)O. The molecule has 0 aromatic carbocycles. The van der Waals surface area contributed by atoms with Gasteiger partial charge in [-0.15, -0.1) is 0 Å². The quantitative estimate of drug-likeness (QED) is 0.774. The standard InChI is InChI=1S/C14H26N2O4S/c1-4-11(5-2)15(6-8-20-3)14(19)16-7-9-21-10-12(16)13(17)18/h11-12H,4-10H2,1-3H3,(H,17,18). The summed E-state index contributed by atoms with van der Waals surface area (Å²) < 4.78 is 5.09. The second kappa shape index (κ2) is 9.15. The molecule has 1 saturated heterocycles. The van der Waals surface area contributed by atoms with Crippen molar-refractivity contribution in [2.45, 2.75) is 38.8 Å². The van der Waals surface area contributed by atoms with Crippen molar-refractivity contribution in [2.24, 2.45) is 0 Å². The molecule has 1 rings (SSSR count). The maximum absolute atomic E-state index is 12.8. The Morgan fingerprint density at radius 2 is 2.10 bits per heavy atom. The molecule has 0 spiro atoms. The Bertz CT molecular complexity index is 350. The summed E-state index contributed by atoms with van der Waals surface area (Å²) in [5.74, 6) is 0.324. The molecule has 0 aromatic rings. The van der Waals surface area contributed by atoms with Crippen LogP contribution in [0.5, 0.6) is 0 Å². The number of aliphatic carboxylic acids is 1. The van der Waals surface area contributed by atoms with E-state index in [4.69, 9.17) is 4.74 Å². The summed E-state index contributed by atoms with van der Waals surface area (Å²) >= 11 is 1.58. The number of methoxy groups -OCH3 is 1. The van der Waals surface area contributed by atoms with E-state index in [2.05, 4.69) is 0 Å². The van der Waals surface area contributed by atoms with Gasteiger partial charge in [-0.2, -0.15) is 11.8 Å². The third kappa shape index (κ3) is 4.78. The van der Waals surface area contributed by atoms with Gasteiger partial charge in [-0.3, -0.25) is 0 Å². The Kier molecular flexibility index (Phi) is 7.88. The smallest absolute Gasteiger partial charge is 0.327 e. The van der Waals surface area contributed by atoms with Crippen LogP contribution >= 0.6 is 11.8 Å². The van der Waals surface area contributed by atoms with E-state index in [1.807, 2.05) is 13.8 Å². The molecule has 2 amide bonds. The number of nitrogens with zero attached hydrogens (tertiary/aromatic N) is 2. The fourth-order valence-corrected chi connectivity index (χ4v) is 3.59. The van der Waals surface area contributed by atoms with Crippen molar-refractivity contribution >= 4 is 23.8 Å². The molecule has 1 aliphatic heterocycles. The van der Waals surface area contributed by atoms with Crippen molar-refractivity contribution < 1.29 is 19.4 Å². The number of carboxylic acid groups (broad SMARTS) is 1. The van der Waals surface area contributed by atoms with Crippen molar-refractivity contribution in [1.29, 1.82) is 0 Å². The lowest BCUT2D eigenvalue weighted by Gasteiger charge is -2.39. The number of carboxylic acids is 1. The zero-order chi connectivity index (χ0) is 15.8. The Hall–Kier alpha value is -0.950. The summed E-state index contributed by atoms with van der Waals surface area (Å²) in [5, 5.41) is 9.32. The van der Waals surface area contributed by atoms with Crippen molar-refractivity contribution in [1.82, 2.24) is 9.80 Å². The minimum absolute atomic E-state index is 0.122. The lowest BCUT2D eigenvalue weighted by molar-refractivity contribution is -0.141. The van der Waals surface area contributed by atoms with Gasteiger partial charge in [0.05, 0.1) is 6.61 Å². The number of carbonyl (C=O) groups is 2. The van der Waals surface area contributed by atoms with Crippen LogP contribution in [-0.4, -0.2) is 77.3 Å². The van der Waals surface area contributed by atoms with Crippen molar-refractivity contribution in [3.05, 3.63) is 0 Å². The van der Waals surface area contributed by atoms with Crippen LogP contribution < -0.4 is 0 Å². The molecule has 1 unspecified atom stereocenters. The van der Waals surface area contributed by atoms with Gasteiger partial charge in [-0.1, -0.05) is 13.8 Å². The van der Waals surface area contributed by atoms with Gasteiger partial charge in [0.15, 0.2) is 0 Å². The highest BCUT2D eigenvalue weighted by Gasteiger charge is 2.36. The van der Waals surface area contributed by atoms with Crippen molar-refractivity contribution in [3.63, 3.8) is 0 Å². The number of hydrogen-bond donors (Lipinski definition) is 1. The molecule has 1 atom stereocenters. The fourth-order valence-electron chi connectivity index (χ4n) is 2.56. The molecule has 0 aliphatic carbocycles. The number of hydrogen-bond acceptors (Lipinski definition) is 4. The highest BCUT2D eigenvalue weighted by atomic mass is 32.2. The van der Waals surface area contributed by atoms with Crippen molar-refractivity contribution in [3.8, 4) is 0 Å². The molecule has 1 aliphatic rings. The summed E-state index contributed by atoms with van der Waals surface area (Å²) in [6.45, 7) is 5.54. The van der Waals surface area contributed by atoms with E-state index >= 15 is 0 Å². The van der Waals surface area contributed by atoms with E-state index in [0.29, 0.717) is 25.4 Å². The first-order valence-corrected chi connectivity index (χ1v) is 8.58. The Morgan fingerprint density at radius 3 is 2.62 bits per heavy atom. The number of rotatable bonds is 7. The lowest BCUT2D eigenvalue weighted by Crippen LogP contribution is -2.57. The molecule has 1 N–H and O–H groups in total. The average Bonchev–Trinajstić information content (AvgIpc) is 2.50. The average molecular weight is 318 g/mol. The second-order valence-corrected chi connectivity index (χ2v) is 6.21. The second-order valence-electron chi connectivity index (χ2n) is 5.06. The molecule has 6 nitrogen and oxygen atoms in total. The zero-order valence-electron chi connectivity index (χ0n) is 13.1. The van der Waals surface area contributed by atoms with Crippen LogP contribution in [0.1, 0.15) is 26.7 Å². The molecule has 0 radical (unpaired) electrons. The first-order valence-electron chi connectivity index (χ1n) is 7.43. The maximum Gasteiger partial charge on any atom is 0.327 e. The molecule has 122 valence electrons. The van der Waals surface area contributed by atoms with Crippen LogP contribution in [0.2, 0.25) is 0 Å². The molecule has 0 saturated carbocycles. The summed E-state index contributed by atoms with van der Waals surface area (Å²) in [7, 11) is 1.60. The van der Waals surface area contributed by atoms with Crippen LogP contribution in [0.3, 0.4) is 0 Å². The van der Waals surface area contributed by atoms with E-state index in [1.165, 1.54) is 4.90 Å². The highest BCUT2D eigenvalue weighted by Crippen LogP contribution is 2.20. The molecule has 1 fully saturated rings. The van der Waals surface area contributed by atoms with Crippen molar-refractivity contribution in [2.75, 3.05) is 38.3 Å². The minimum atomic E-state index is -0.924. The Morgan fingerprint density at radius 1 is 1.43 bits per heavy atom. The molecular weight excluding hydrogens is 292 g/mol. The van der Waals surface area contributed by atoms with Gasteiger partial charge in [0.1, 0.15) is 6.04 Å². The summed E-state index contributed by atoms with van der Waals surface area (Å²) in [6, 6.07) is -0.777. The maximum atomic E-state index is 12.8. The topological polar surface area (TPSA) is 70.1 Å². The molecular formula is C14H26N2O4S. The summed E-state index contributed by atoms with van der Waals surface area (Å²) in [6.07, 6.45) is 1.71. The zero-order valence-corrected chi connectivity index (χ0v) is 13.9. The van der Waals surface area contributed by atoms with Crippen LogP contribution in [-0.2, 0) is 9.53 Å². The number of carbonyl (C=O) groups excluding carboxylic acids is 1. The van der Waals surface area contributed by atoms with E-state index in [1.54, 1.807) is 23.8 Å². The Labute approximate surface area is 130 Å². The van der Waals surface area contributed by atoms with E-state index in [9.17, 15) is 14.7 Å². The lowest BCUT2D eigenvalue weighted by atomic mass is 10.1. The fraction of sp³-hybridized carbons (Fsp3) is 0.857. The summed E-state index contributed by atoms with van der Waals surface area (Å²) in [4.78, 5) is 27.4. The van der Waals surface area contributed by atoms with E-state index in [-0.39, 0.29) is 12.1 Å². The van der Waals surface area contributed by atoms with Gasteiger partial charge >= 0.3 is 12.0 Å². The van der Waals surface area contributed by atoms with Gasteiger partial charge in [0, 0.05) is 37.7 Å². The predicted molar refractivity (Wildman–Crippen MR) is 83.8 cm³/mol. The number of amides is 2. The largest absolute Gasteiger partial charge is 0.480 e. The van der Waals surface area contributed by atoms with Crippen LogP contribution in [0.25, 0.3) is 0 Å². The molecule has 1 heterocycles.